The Morgan fingerprint density at radius 2 is 1.93 bits per heavy atom. The van der Waals surface area contributed by atoms with Gasteiger partial charge < -0.3 is 10.6 Å². The van der Waals surface area contributed by atoms with Gasteiger partial charge in [-0.05, 0) is 49.6 Å². The van der Waals surface area contributed by atoms with Gasteiger partial charge in [-0.15, -0.1) is 0 Å². The van der Waals surface area contributed by atoms with Crippen molar-refractivity contribution in [1.82, 2.24) is 20.5 Å². The second-order valence-electron chi connectivity index (χ2n) is 7.56. The van der Waals surface area contributed by atoms with E-state index in [0.717, 1.165) is 29.8 Å². The van der Waals surface area contributed by atoms with Crippen molar-refractivity contribution >= 4 is 29.2 Å². The standard InChI is InChI=1S/C22H22ClN5O2/c1-13-3-2-4-18(24-13)22(30)25-17-10-15(11-17)19-12-20(28-27-19)26-21(29)9-14-5-7-16(23)8-6-14/h2-8,12,15,17H,9-11H2,1H3,(H,25,30)(H2,26,27,28,29). The fraction of sp³-hybridized carbons (Fsp3) is 0.273. The maximum absolute atomic E-state index is 12.3. The number of carbonyl (C=O) groups excluding carboxylic acids is 2. The first-order chi connectivity index (χ1) is 14.5. The lowest BCUT2D eigenvalue weighted by molar-refractivity contribution is -0.115. The second-order valence-corrected chi connectivity index (χ2v) is 8.00. The first kappa shape index (κ1) is 20.1. The van der Waals surface area contributed by atoms with E-state index in [0.29, 0.717) is 16.5 Å². The van der Waals surface area contributed by atoms with Gasteiger partial charge in [0.25, 0.3) is 5.91 Å². The Labute approximate surface area is 179 Å². The number of pyridine rings is 1. The van der Waals surface area contributed by atoms with Crippen LogP contribution in [0, 0.1) is 6.92 Å². The van der Waals surface area contributed by atoms with Gasteiger partial charge in [0.15, 0.2) is 5.82 Å². The van der Waals surface area contributed by atoms with E-state index in [1.54, 1.807) is 18.2 Å². The molecule has 0 bridgehead atoms. The number of amides is 2. The lowest BCUT2D eigenvalue weighted by Gasteiger charge is -2.34. The van der Waals surface area contributed by atoms with E-state index in [-0.39, 0.29) is 30.2 Å². The molecule has 4 rings (SSSR count). The molecule has 0 aliphatic heterocycles. The van der Waals surface area contributed by atoms with E-state index in [1.165, 1.54) is 0 Å². The fourth-order valence-corrected chi connectivity index (χ4v) is 3.63. The molecule has 1 fully saturated rings. The molecule has 8 heteroatoms. The topological polar surface area (TPSA) is 99.8 Å². The van der Waals surface area contributed by atoms with Gasteiger partial charge in [0.05, 0.1) is 6.42 Å². The Bertz CT molecular complexity index is 1060. The molecule has 2 heterocycles. The van der Waals surface area contributed by atoms with Crippen molar-refractivity contribution in [3.63, 3.8) is 0 Å². The van der Waals surface area contributed by atoms with Crippen molar-refractivity contribution < 1.29 is 9.59 Å². The zero-order valence-electron chi connectivity index (χ0n) is 16.5. The summed E-state index contributed by atoms with van der Waals surface area (Å²) in [6.45, 7) is 1.86. The molecule has 3 aromatic rings. The van der Waals surface area contributed by atoms with Crippen LogP contribution in [0.15, 0.2) is 48.5 Å². The fourth-order valence-electron chi connectivity index (χ4n) is 3.50. The van der Waals surface area contributed by atoms with Gasteiger partial charge in [-0.2, -0.15) is 5.10 Å². The van der Waals surface area contributed by atoms with Crippen LogP contribution in [0.5, 0.6) is 0 Å². The number of aromatic nitrogens is 3. The number of anilines is 1. The monoisotopic (exact) mass is 423 g/mol. The van der Waals surface area contributed by atoms with Crippen molar-refractivity contribution in [2.75, 3.05) is 5.32 Å². The third kappa shape index (κ3) is 4.86. The van der Waals surface area contributed by atoms with Gasteiger partial charge in [0.2, 0.25) is 5.91 Å². The first-order valence-corrected chi connectivity index (χ1v) is 10.2. The highest BCUT2D eigenvalue weighted by molar-refractivity contribution is 6.30. The van der Waals surface area contributed by atoms with Crippen LogP contribution in [-0.4, -0.2) is 33.0 Å². The molecule has 154 valence electrons. The number of hydrogen-bond donors (Lipinski definition) is 3. The molecule has 1 aliphatic carbocycles. The van der Waals surface area contributed by atoms with Gasteiger partial charge >= 0.3 is 0 Å². The third-order valence-electron chi connectivity index (χ3n) is 5.18. The number of nitrogens with zero attached hydrogens (tertiary/aromatic N) is 2. The number of rotatable bonds is 6. The van der Waals surface area contributed by atoms with Crippen LogP contribution >= 0.6 is 11.6 Å². The summed E-state index contributed by atoms with van der Waals surface area (Å²) in [4.78, 5) is 28.8. The Hall–Kier alpha value is -3.19. The quantitative estimate of drug-likeness (QED) is 0.563. The molecule has 2 aromatic heterocycles. The number of carbonyl (C=O) groups is 2. The van der Waals surface area contributed by atoms with Gasteiger partial charge in [-0.1, -0.05) is 29.8 Å². The van der Waals surface area contributed by atoms with Crippen LogP contribution in [0.3, 0.4) is 0 Å². The molecule has 7 nitrogen and oxygen atoms in total. The van der Waals surface area contributed by atoms with E-state index in [1.807, 2.05) is 37.3 Å². The summed E-state index contributed by atoms with van der Waals surface area (Å²) in [5.74, 6) is 0.484. The SMILES string of the molecule is Cc1cccc(C(=O)NC2CC(c3cc(NC(=O)Cc4ccc(Cl)cc4)n[nH]3)C2)n1. The number of aromatic amines is 1. The molecule has 0 radical (unpaired) electrons. The summed E-state index contributed by atoms with van der Waals surface area (Å²) in [5.41, 5.74) is 3.09. The summed E-state index contributed by atoms with van der Waals surface area (Å²) in [6, 6.07) is 14.5. The van der Waals surface area contributed by atoms with Crippen molar-refractivity contribution in [2.45, 2.75) is 38.1 Å². The zero-order chi connectivity index (χ0) is 21.1. The summed E-state index contributed by atoms with van der Waals surface area (Å²) in [6.07, 6.45) is 1.89. The Morgan fingerprint density at radius 3 is 2.67 bits per heavy atom. The summed E-state index contributed by atoms with van der Waals surface area (Å²) >= 11 is 5.86. The number of H-pyrrole nitrogens is 1. The summed E-state index contributed by atoms with van der Waals surface area (Å²) in [7, 11) is 0. The predicted octanol–water partition coefficient (Wildman–Crippen LogP) is 3.62. The molecule has 1 aliphatic rings. The second kappa shape index (κ2) is 8.67. The molecule has 0 unspecified atom stereocenters. The van der Waals surface area contributed by atoms with Crippen molar-refractivity contribution in [1.29, 1.82) is 0 Å². The predicted molar refractivity (Wildman–Crippen MR) is 115 cm³/mol. The minimum atomic E-state index is -0.151. The smallest absolute Gasteiger partial charge is 0.270 e. The number of nitrogens with one attached hydrogen (secondary N) is 3. The van der Waals surface area contributed by atoms with Gasteiger partial charge in [-0.25, -0.2) is 4.98 Å². The Kier molecular flexibility index (Phi) is 5.81. The van der Waals surface area contributed by atoms with Crippen LogP contribution in [0.25, 0.3) is 0 Å². The molecular weight excluding hydrogens is 402 g/mol. The van der Waals surface area contributed by atoms with Gasteiger partial charge in [0, 0.05) is 34.4 Å². The summed E-state index contributed by atoms with van der Waals surface area (Å²) < 4.78 is 0. The molecule has 2 amide bonds. The van der Waals surface area contributed by atoms with Crippen molar-refractivity contribution in [2.24, 2.45) is 0 Å². The van der Waals surface area contributed by atoms with E-state index >= 15 is 0 Å². The number of hydrogen-bond acceptors (Lipinski definition) is 4. The highest BCUT2D eigenvalue weighted by Gasteiger charge is 2.33. The first-order valence-electron chi connectivity index (χ1n) is 9.80. The highest BCUT2D eigenvalue weighted by atomic mass is 35.5. The third-order valence-corrected chi connectivity index (χ3v) is 5.43. The average molecular weight is 424 g/mol. The summed E-state index contributed by atoms with van der Waals surface area (Å²) in [5, 5.41) is 13.6. The van der Waals surface area contributed by atoms with Crippen molar-refractivity contribution in [3.05, 3.63) is 76.2 Å². The average Bonchev–Trinajstić information content (AvgIpc) is 3.13. The normalized spacial score (nSPS) is 17.8. The number of halogens is 1. The Balaban J connectivity index is 1.25. The van der Waals surface area contributed by atoms with Crippen LogP contribution in [-0.2, 0) is 11.2 Å². The van der Waals surface area contributed by atoms with E-state index in [4.69, 9.17) is 11.6 Å². The molecular formula is C22H22ClN5O2. The lowest BCUT2D eigenvalue weighted by atomic mass is 9.78. The number of aryl methyl sites for hydroxylation is 1. The minimum absolute atomic E-state index is 0.107. The highest BCUT2D eigenvalue weighted by Crippen LogP contribution is 2.36. The molecule has 30 heavy (non-hydrogen) atoms. The van der Waals surface area contributed by atoms with E-state index in [2.05, 4.69) is 25.8 Å². The lowest BCUT2D eigenvalue weighted by Crippen LogP contribution is -2.43. The molecule has 0 saturated heterocycles. The molecule has 0 spiro atoms. The van der Waals surface area contributed by atoms with Gasteiger partial charge in [-0.3, -0.25) is 14.7 Å². The van der Waals surface area contributed by atoms with Gasteiger partial charge in [0.1, 0.15) is 5.69 Å². The van der Waals surface area contributed by atoms with Crippen LogP contribution in [0.2, 0.25) is 5.02 Å². The van der Waals surface area contributed by atoms with Crippen LogP contribution in [0.4, 0.5) is 5.82 Å². The zero-order valence-corrected chi connectivity index (χ0v) is 17.2. The van der Waals surface area contributed by atoms with E-state index < -0.39 is 0 Å². The molecule has 0 atom stereocenters. The van der Waals surface area contributed by atoms with Crippen molar-refractivity contribution in [3.8, 4) is 0 Å². The largest absolute Gasteiger partial charge is 0.348 e. The minimum Gasteiger partial charge on any atom is -0.348 e. The number of benzene rings is 1. The maximum atomic E-state index is 12.3. The molecule has 1 saturated carbocycles. The molecule has 3 N–H and O–H groups in total. The van der Waals surface area contributed by atoms with E-state index in [9.17, 15) is 9.59 Å². The van der Waals surface area contributed by atoms with Crippen LogP contribution in [0.1, 0.15) is 46.2 Å². The Morgan fingerprint density at radius 1 is 1.17 bits per heavy atom. The van der Waals surface area contributed by atoms with Crippen LogP contribution < -0.4 is 10.6 Å². The maximum Gasteiger partial charge on any atom is 0.270 e. The molecule has 1 aromatic carbocycles.